The highest BCUT2D eigenvalue weighted by Crippen LogP contribution is 2.27. The van der Waals surface area contributed by atoms with Crippen LogP contribution >= 0.6 is 0 Å². The molecule has 2 rings (SSSR count). The molecular formula is C12H20N4O2S. The van der Waals surface area contributed by atoms with E-state index in [1.807, 2.05) is 0 Å². The van der Waals surface area contributed by atoms with Gasteiger partial charge in [-0.05, 0) is 38.2 Å². The Balaban J connectivity index is 2.39. The lowest BCUT2D eigenvalue weighted by molar-refractivity contribution is 0.360. The predicted molar refractivity (Wildman–Crippen MR) is 76.6 cm³/mol. The number of sulfonamides is 1. The first-order valence-electron chi connectivity index (χ1n) is 6.24. The molecule has 4 N–H and O–H groups in total. The van der Waals surface area contributed by atoms with Crippen LogP contribution in [0.5, 0.6) is 0 Å². The summed E-state index contributed by atoms with van der Waals surface area (Å²) < 4.78 is 23.4. The van der Waals surface area contributed by atoms with E-state index >= 15 is 0 Å². The first-order valence-corrected chi connectivity index (χ1v) is 7.78. The van der Waals surface area contributed by atoms with E-state index in [1.165, 1.54) is 6.07 Å². The molecule has 1 aromatic rings. The van der Waals surface area contributed by atoms with Gasteiger partial charge in [-0.25, -0.2) is 13.6 Å². The van der Waals surface area contributed by atoms with E-state index < -0.39 is 10.0 Å². The van der Waals surface area contributed by atoms with E-state index in [-0.39, 0.29) is 4.90 Å². The summed E-state index contributed by atoms with van der Waals surface area (Å²) in [6.45, 7) is 3.50. The largest absolute Gasteiger partial charge is 0.399 e. The third kappa shape index (κ3) is 3.37. The lowest BCUT2D eigenvalue weighted by Gasteiger charge is -2.25. The van der Waals surface area contributed by atoms with Gasteiger partial charge >= 0.3 is 0 Å². The van der Waals surface area contributed by atoms with Crippen molar-refractivity contribution < 1.29 is 8.42 Å². The number of primary sulfonamides is 1. The third-order valence-corrected chi connectivity index (χ3v) is 4.29. The van der Waals surface area contributed by atoms with Crippen LogP contribution in [0.1, 0.15) is 6.42 Å². The molecule has 1 aromatic carbocycles. The van der Waals surface area contributed by atoms with Crippen LogP contribution in [0.3, 0.4) is 0 Å². The van der Waals surface area contributed by atoms with Crippen LogP contribution in [0.4, 0.5) is 11.4 Å². The Morgan fingerprint density at radius 3 is 2.58 bits per heavy atom. The minimum absolute atomic E-state index is 0.108. The number of likely N-dealkylation sites (N-methyl/N-ethyl adjacent to an activating group) is 1. The fraction of sp³-hybridized carbons (Fsp3) is 0.500. The van der Waals surface area contributed by atoms with Gasteiger partial charge in [0.05, 0.1) is 5.69 Å². The van der Waals surface area contributed by atoms with Crippen LogP contribution < -0.4 is 15.8 Å². The predicted octanol–water partition coefficient (Wildman–Crippen LogP) is 0.0581. The molecule has 1 aliphatic rings. The van der Waals surface area contributed by atoms with Crippen molar-refractivity contribution in [1.29, 1.82) is 0 Å². The van der Waals surface area contributed by atoms with Crippen molar-refractivity contribution in [3.8, 4) is 0 Å². The summed E-state index contributed by atoms with van der Waals surface area (Å²) in [6, 6.07) is 4.87. The molecule has 106 valence electrons. The summed E-state index contributed by atoms with van der Waals surface area (Å²) in [5, 5.41) is 5.28. The van der Waals surface area contributed by atoms with Crippen LogP contribution in [0.2, 0.25) is 0 Å². The van der Waals surface area contributed by atoms with Gasteiger partial charge in [-0.15, -0.1) is 0 Å². The summed E-state index contributed by atoms with van der Waals surface area (Å²) in [5.74, 6) is 0. The Kier molecular flexibility index (Phi) is 3.98. The Morgan fingerprint density at radius 1 is 1.16 bits per heavy atom. The molecule has 6 nitrogen and oxygen atoms in total. The molecule has 7 heteroatoms. The van der Waals surface area contributed by atoms with Gasteiger partial charge in [0.2, 0.25) is 10.0 Å². The molecule has 1 saturated heterocycles. The minimum Gasteiger partial charge on any atom is -0.399 e. The smallest absolute Gasteiger partial charge is 0.240 e. The van der Waals surface area contributed by atoms with Crippen LogP contribution in [-0.4, -0.2) is 46.5 Å². The van der Waals surface area contributed by atoms with Crippen molar-refractivity contribution in [3.05, 3.63) is 18.2 Å². The van der Waals surface area contributed by atoms with E-state index in [1.54, 1.807) is 12.1 Å². The number of rotatable bonds is 2. The van der Waals surface area contributed by atoms with Gasteiger partial charge in [0, 0.05) is 25.3 Å². The molecule has 19 heavy (non-hydrogen) atoms. The van der Waals surface area contributed by atoms with Crippen molar-refractivity contribution in [1.82, 2.24) is 4.90 Å². The Bertz CT molecular complexity index is 559. The second-order valence-electron chi connectivity index (χ2n) is 4.92. The Labute approximate surface area is 114 Å². The first kappa shape index (κ1) is 14.1. The average molecular weight is 284 g/mol. The lowest BCUT2D eigenvalue weighted by atomic mass is 10.2. The molecule has 0 aliphatic carbocycles. The highest BCUT2D eigenvalue weighted by molar-refractivity contribution is 7.89. The molecule has 0 saturated carbocycles. The zero-order chi connectivity index (χ0) is 14.0. The number of hydrogen-bond acceptors (Lipinski definition) is 5. The number of nitrogens with zero attached hydrogens (tertiary/aromatic N) is 2. The molecular weight excluding hydrogens is 264 g/mol. The number of anilines is 2. The second-order valence-corrected chi connectivity index (χ2v) is 6.45. The Morgan fingerprint density at radius 2 is 1.89 bits per heavy atom. The third-order valence-electron chi connectivity index (χ3n) is 3.35. The maximum Gasteiger partial charge on any atom is 0.240 e. The molecule has 0 amide bonds. The fourth-order valence-electron chi connectivity index (χ4n) is 2.31. The van der Waals surface area contributed by atoms with Crippen molar-refractivity contribution in [2.45, 2.75) is 11.3 Å². The molecule has 1 heterocycles. The summed E-state index contributed by atoms with van der Waals surface area (Å²) in [5.41, 5.74) is 6.71. The maximum absolute atomic E-state index is 11.7. The van der Waals surface area contributed by atoms with Gasteiger partial charge in [0.15, 0.2) is 0 Å². The van der Waals surface area contributed by atoms with Crippen LogP contribution in [0.15, 0.2) is 23.1 Å². The number of nitrogens with two attached hydrogens (primary N) is 2. The molecule has 0 radical (unpaired) electrons. The SMILES string of the molecule is CN1CCCN(c2ccc(N)cc2S(N)(=O)=O)CC1. The molecule has 1 aliphatic heterocycles. The van der Waals surface area contributed by atoms with E-state index in [9.17, 15) is 8.42 Å². The van der Waals surface area contributed by atoms with Gasteiger partial charge in [-0.1, -0.05) is 0 Å². The van der Waals surface area contributed by atoms with Gasteiger partial charge in [0.25, 0.3) is 0 Å². The first-order chi connectivity index (χ1) is 8.88. The highest BCUT2D eigenvalue weighted by Gasteiger charge is 2.20. The van der Waals surface area contributed by atoms with Crippen molar-refractivity contribution in [2.24, 2.45) is 5.14 Å². The van der Waals surface area contributed by atoms with Gasteiger partial charge in [-0.2, -0.15) is 0 Å². The summed E-state index contributed by atoms with van der Waals surface area (Å²) in [6.07, 6.45) is 0.991. The molecule has 0 atom stereocenters. The molecule has 0 unspecified atom stereocenters. The van der Waals surface area contributed by atoms with Crippen LogP contribution in [-0.2, 0) is 10.0 Å². The van der Waals surface area contributed by atoms with E-state index in [2.05, 4.69) is 16.8 Å². The van der Waals surface area contributed by atoms with Crippen LogP contribution in [0, 0.1) is 0 Å². The molecule has 0 bridgehead atoms. The van der Waals surface area contributed by atoms with Crippen molar-refractivity contribution in [3.63, 3.8) is 0 Å². The second kappa shape index (κ2) is 5.36. The van der Waals surface area contributed by atoms with Crippen molar-refractivity contribution in [2.75, 3.05) is 43.9 Å². The Hall–Kier alpha value is -1.31. The average Bonchev–Trinajstić information content (AvgIpc) is 2.53. The monoisotopic (exact) mass is 284 g/mol. The topological polar surface area (TPSA) is 92.7 Å². The summed E-state index contributed by atoms with van der Waals surface area (Å²) >= 11 is 0. The zero-order valence-electron chi connectivity index (χ0n) is 11.0. The normalized spacial score (nSPS) is 18.3. The van der Waals surface area contributed by atoms with E-state index in [0.29, 0.717) is 11.4 Å². The van der Waals surface area contributed by atoms with Gasteiger partial charge < -0.3 is 15.5 Å². The lowest BCUT2D eigenvalue weighted by Crippen LogP contribution is -2.30. The summed E-state index contributed by atoms with van der Waals surface area (Å²) in [7, 11) is -1.70. The maximum atomic E-state index is 11.7. The van der Waals surface area contributed by atoms with E-state index in [0.717, 1.165) is 32.6 Å². The number of benzene rings is 1. The molecule has 1 fully saturated rings. The van der Waals surface area contributed by atoms with Crippen LogP contribution in [0.25, 0.3) is 0 Å². The standard InChI is InChI=1S/C12H20N4O2S/c1-15-5-2-6-16(8-7-15)11-4-3-10(13)9-12(11)19(14,17)18/h3-4,9H,2,5-8,13H2,1H3,(H2,14,17,18). The fourth-order valence-corrected chi connectivity index (χ4v) is 3.10. The quantitative estimate of drug-likeness (QED) is 0.749. The number of nitrogen functional groups attached to an aromatic ring is 1. The van der Waals surface area contributed by atoms with Gasteiger partial charge in [-0.3, -0.25) is 0 Å². The summed E-state index contributed by atoms with van der Waals surface area (Å²) in [4.78, 5) is 4.40. The van der Waals surface area contributed by atoms with Gasteiger partial charge in [0.1, 0.15) is 4.90 Å². The molecule has 0 aromatic heterocycles. The zero-order valence-corrected chi connectivity index (χ0v) is 11.9. The van der Waals surface area contributed by atoms with E-state index in [4.69, 9.17) is 10.9 Å². The molecule has 0 spiro atoms. The minimum atomic E-state index is -3.77. The van der Waals surface area contributed by atoms with Crippen molar-refractivity contribution >= 4 is 21.4 Å². The number of hydrogen-bond donors (Lipinski definition) is 2. The highest BCUT2D eigenvalue weighted by atomic mass is 32.2.